The topological polar surface area (TPSA) is 82.4 Å². The number of imide groups is 1. The van der Waals surface area contributed by atoms with Crippen LogP contribution in [0.2, 0.25) is 0 Å². The highest BCUT2D eigenvalue weighted by Crippen LogP contribution is 2.25. The largest absolute Gasteiger partial charge is 0.497 e. The molecule has 0 aliphatic carbocycles. The molecule has 6 nitrogen and oxygen atoms in total. The molecule has 0 aromatic heterocycles. The summed E-state index contributed by atoms with van der Waals surface area (Å²) in [6, 6.07) is 16.2. The molecule has 1 N–H and O–H groups in total. The zero-order valence-corrected chi connectivity index (χ0v) is 15.4. The van der Waals surface area contributed by atoms with Crippen LogP contribution in [0.1, 0.15) is 30.0 Å². The van der Waals surface area contributed by atoms with Crippen LogP contribution >= 0.6 is 0 Å². The minimum absolute atomic E-state index is 0.151. The van der Waals surface area contributed by atoms with Gasteiger partial charge in [-0.2, -0.15) is 5.26 Å². The van der Waals surface area contributed by atoms with E-state index in [0.29, 0.717) is 18.4 Å². The summed E-state index contributed by atoms with van der Waals surface area (Å²) in [5.74, 6) is 0.532. The van der Waals surface area contributed by atoms with E-state index in [-0.39, 0.29) is 12.5 Å². The Balaban J connectivity index is 1.68. The first-order valence-electron chi connectivity index (χ1n) is 8.71. The monoisotopic (exact) mass is 363 g/mol. The molecule has 1 aliphatic heterocycles. The molecule has 1 saturated heterocycles. The summed E-state index contributed by atoms with van der Waals surface area (Å²) >= 11 is 0. The van der Waals surface area contributed by atoms with E-state index in [4.69, 9.17) is 10.00 Å². The lowest BCUT2D eigenvalue weighted by Crippen LogP contribution is -2.44. The lowest BCUT2D eigenvalue weighted by Gasteiger charge is -2.21. The Morgan fingerprint density at radius 3 is 2.56 bits per heavy atom. The van der Waals surface area contributed by atoms with E-state index >= 15 is 0 Å². The first-order valence-corrected chi connectivity index (χ1v) is 8.71. The van der Waals surface area contributed by atoms with Gasteiger partial charge < -0.3 is 10.1 Å². The van der Waals surface area contributed by atoms with E-state index in [9.17, 15) is 9.59 Å². The Morgan fingerprint density at radius 1 is 1.15 bits per heavy atom. The van der Waals surface area contributed by atoms with Crippen LogP contribution in [0.4, 0.5) is 4.79 Å². The number of nitrogens with zero attached hydrogens (tertiary/aromatic N) is 2. The molecule has 2 aromatic carbocycles. The van der Waals surface area contributed by atoms with Crippen molar-refractivity contribution >= 4 is 11.9 Å². The summed E-state index contributed by atoms with van der Waals surface area (Å²) in [6.45, 7) is 1.90. The van der Waals surface area contributed by atoms with E-state index in [0.717, 1.165) is 16.9 Å². The minimum atomic E-state index is -0.941. The number of nitrogens with one attached hydrogen (secondary N) is 1. The van der Waals surface area contributed by atoms with E-state index in [1.165, 1.54) is 4.90 Å². The number of hydrogen-bond donors (Lipinski definition) is 1. The van der Waals surface area contributed by atoms with Gasteiger partial charge in [0.05, 0.1) is 25.3 Å². The van der Waals surface area contributed by atoms with E-state index < -0.39 is 11.6 Å². The fourth-order valence-corrected chi connectivity index (χ4v) is 3.17. The Bertz CT molecular complexity index is 902. The molecule has 0 bridgehead atoms. The van der Waals surface area contributed by atoms with Crippen LogP contribution in [0.25, 0.3) is 0 Å². The van der Waals surface area contributed by atoms with Gasteiger partial charge in [-0.1, -0.05) is 24.3 Å². The average Bonchev–Trinajstić information content (AvgIpc) is 2.90. The Hall–Kier alpha value is -3.33. The van der Waals surface area contributed by atoms with Crippen LogP contribution in [0.3, 0.4) is 0 Å². The molecule has 0 spiro atoms. The summed E-state index contributed by atoms with van der Waals surface area (Å²) in [4.78, 5) is 26.5. The van der Waals surface area contributed by atoms with Crippen molar-refractivity contribution in [3.05, 3.63) is 65.2 Å². The number of nitriles is 1. The van der Waals surface area contributed by atoms with E-state index in [1.54, 1.807) is 38.3 Å². The molecule has 2 aromatic rings. The van der Waals surface area contributed by atoms with Crippen molar-refractivity contribution in [2.24, 2.45) is 0 Å². The predicted molar refractivity (Wildman–Crippen MR) is 100.0 cm³/mol. The second-order valence-corrected chi connectivity index (χ2v) is 6.81. The van der Waals surface area contributed by atoms with Crippen LogP contribution in [0.15, 0.2) is 48.5 Å². The number of amides is 3. The number of urea groups is 1. The zero-order valence-electron chi connectivity index (χ0n) is 15.4. The highest BCUT2D eigenvalue weighted by molar-refractivity contribution is 6.06. The summed E-state index contributed by atoms with van der Waals surface area (Å²) < 4.78 is 5.15. The number of rotatable bonds is 6. The maximum atomic E-state index is 12.9. The van der Waals surface area contributed by atoms with Crippen molar-refractivity contribution in [1.29, 1.82) is 5.26 Å². The van der Waals surface area contributed by atoms with Crippen molar-refractivity contribution in [1.82, 2.24) is 10.2 Å². The standard InChI is InChI=1S/C21H21N3O3/c1-21(11-10-15-6-8-18(27-2)9-7-15)19(25)24(20(26)23-21)14-17-5-3-4-16(12-17)13-22/h3-9,12H,10-11,14H2,1-2H3,(H,23,26)/t21-/m0/s1. The maximum absolute atomic E-state index is 12.9. The van der Waals surface area contributed by atoms with Crippen molar-refractivity contribution < 1.29 is 14.3 Å². The molecule has 138 valence electrons. The lowest BCUT2D eigenvalue weighted by atomic mass is 9.93. The quantitative estimate of drug-likeness (QED) is 0.800. The molecule has 27 heavy (non-hydrogen) atoms. The first-order chi connectivity index (χ1) is 12.9. The van der Waals surface area contributed by atoms with Gasteiger partial charge in [-0.15, -0.1) is 0 Å². The molecule has 1 atom stereocenters. The summed E-state index contributed by atoms with van der Waals surface area (Å²) in [5, 5.41) is 11.8. The number of carbonyl (C=O) groups is 2. The smallest absolute Gasteiger partial charge is 0.325 e. The summed E-state index contributed by atoms with van der Waals surface area (Å²) in [6.07, 6.45) is 1.16. The van der Waals surface area contributed by atoms with Gasteiger partial charge in [-0.05, 0) is 55.2 Å². The highest BCUT2D eigenvalue weighted by atomic mass is 16.5. The van der Waals surface area contributed by atoms with Crippen LogP contribution in [0, 0.1) is 11.3 Å². The van der Waals surface area contributed by atoms with Crippen molar-refractivity contribution in [3.8, 4) is 11.8 Å². The average molecular weight is 363 g/mol. The molecule has 1 fully saturated rings. The van der Waals surface area contributed by atoms with Crippen molar-refractivity contribution in [3.63, 3.8) is 0 Å². The molecule has 1 heterocycles. The maximum Gasteiger partial charge on any atom is 0.325 e. The third-order valence-electron chi connectivity index (χ3n) is 4.81. The van der Waals surface area contributed by atoms with E-state index in [1.807, 2.05) is 24.3 Å². The second kappa shape index (κ2) is 7.50. The third kappa shape index (κ3) is 3.93. The van der Waals surface area contributed by atoms with Gasteiger partial charge in [-0.3, -0.25) is 9.69 Å². The van der Waals surface area contributed by atoms with Gasteiger partial charge in [0.1, 0.15) is 11.3 Å². The Kier molecular flexibility index (Phi) is 5.13. The van der Waals surface area contributed by atoms with Crippen molar-refractivity contribution in [2.45, 2.75) is 31.8 Å². The third-order valence-corrected chi connectivity index (χ3v) is 4.81. The highest BCUT2D eigenvalue weighted by Gasteiger charge is 2.47. The van der Waals surface area contributed by atoms with Gasteiger partial charge in [-0.25, -0.2) is 4.79 Å². The zero-order chi connectivity index (χ0) is 19.4. The molecule has 0 saturated carbocycles. The van der Waals surface area contributed by atoms with Gasteiger partial charge in [0.25, 0.3) is 5.91 Å². The Morgan fingerprint density at radius 2 is 1.89 bits per heavy atom. The van der Waals surface area contributed by atoms with Crippen LogP contribution < -0.4 is 10.1 Å². The molecule has 0 unspecified atom stereocenters. The number of carbonyl (C=O) groups excluding carboxylic acids is 2. The molecule has 1 aliphatic rings. The van der Waals surface area contributed by atoms with Crippen LogP contribution in [0.5, 0.6) is 5.75 Å². The number of ether oxygens (including phenoxy) is 1. The van der Waals surface area contributed by atoms with Gasteiger partial charge in [0.2, 0.25) is 0 Å². The Labute approximate surface area is 158 Å². The van der Waals surface area contributed by atoms with Crippen molar-refractivity contribution in [2.75, 3.05) is 7.11 Å². The predicted octanol–water partition coefficient (Wildman–Crippen LogP) is 3.01. The number of benzene rings is 2. The number of methoxy groups -OCH3 is 1. The van der Waals surface area contributed by atoms with Crippen LogP contribution in [-0.4, -0.2) is 29.5 Å². The molecule has 0 radical (unpaired) electrons. The summed E-state index contributed by atoms with van der Waals surface area (Å²) in [7, 11) is 1.61. The van der Waals surface area contributed by atoms with Gasteiger partial charge >= 0.3 is 6.03 Å². The lowest BCUT2D eigenvalue weighted by molar-refractivity contribution is -0.131. The number of aryl methyl sites for hydroxylation is 1. The normalized spacial score (nSPS) is 18.9. The fourth-order valence-electron chi connectivity index (χ4n) is 3.17. The number of hydrogen-bond acceptors (Lipinski definition) is 4. The first kappa shape index (κ1) is 18.5. The van der Waals surface area contributed by atoms with Gasteiger partial charge in [0.15, 0.2) is 0 Å². The van der Waals surface area contributed by atoms with Crippen LogP contribution in [-0.2, 0) is 17.8 Å². The van der Waals surface area contributed by atoms with E-state index in [2.05, 4.69) is 11.4 Å². The molecule has 6 heteroatoms. The van der Waals surface area contributed by atoms with Gasteiger partial charge in [0, 0.05) is 0 Å². The fraction of sp³-hybridized carbons (Fsp3) is 0.286. The SMILES string of the molecule is COc1ccc(CC[C@]2(C)NC(=O)N(Cc3cccc(C#N)c3)C2=O)cc1. The minimum Gasteiger partial charge on any atom is -0.497 e. The molecular weight excluding hydrogens is 342 g/mol. The molecular formula is C21H21N3O3. The molecule has 3 rings (SSSR count). The molecule has 3 amide bonds. The second-order valence-electron chi connectivity index (χ2n) is 6.81. The summed E-state index contributed by atoms with van der Waals surface area (Å²) in [5.41, 5.74) is 1.38.